The Bertz CT molecular complexity index is 889. The summed E-state index contributed by atoms with van der Waals surface area (Å²) in [6, 6.07) is 10.3. The zero-order valence-electron chi connectivity index (χ0n) is 11.8. The van der Waals surface area contributed by atoms with Crippen molar-refractivity contribution < 1.29 is 0 Å². The SMILES string of the molecule is Cc1c(-c2cccc3ncccc23)[nH]c(C2CC2)nc1=S. The maximum Gasteiger partial charge on any atom is 0.133 e. The van der Waals surface area contributed by atoms with Gasteiger partial charge in [-0.25, -0.2) is 4.98 Å². The van der Waals surface area contributed by atoms with Crippen LogP contribution in [0.2, 0.25) is 0 Å². The average Bonchev–Trinajstić information content (AvgIpc) is 3.34. The van der Waals surface area contributed by atoms with Crippen LogP contribution in [-0.4, -0.2) is 15.0 Å². The Morgan fingerprint density at radius 1 is 1.19 bits per heavy atom. The van der Waals surface area contributed by atoms with Crippen molar-refractivity contribution in [1.29, 1.82) is 0 Å². The van der Waals surface area contributed by atoms with E-state index in [4.69, 9.17) is 12.2 Å². The van der Waals surface area contributed by atoms with Crippen molar-refractivity contribution in [2.45, 2.75) is 25.7 Å². The summed E-state index contributed by atoms with van der Waals surface area (Å²) in [5.74, 6) is 1.58. The summed E-state index contributed by atoms with van der Waals surface area (Å²) in [5, 5.41) is 1.14. The quantitative estimate of drug-likeness (QED) is 0.705. The van der Waals surface area contributed by atoms with Crippen LogP contribution in [-0.2, 0) is 0 Å². The molecule has 2 heterocycles. The lowest BCUT2D eigenvalue weighted by molar-refractivity contribution is 0.914. The first kappa shape index (κ1) is 12.7. The van der Waals surface area contributed by atoms with E-state index in [1.165, 1.54) is 12.8 Å². The fourth-order valence-electron chi connectivity index (χ4n) is 2.69. The van der Waals surface area contributed by atoms with Gasteiger partial charge in [-0.15, -0.1) is 0 Å². The van der Waals surface area contributed by atoms with Crippen molar-refractivity contribution in [3.8, 4) is 11.3 Å². The Kier molecular flexibility index (Phi) is 2.86. The highest BCUT2D eigenvalue weighted by Gasteiger charge is 2.26. The summed E-state index contributed by atoms with van der Waals surface area (Å²) in [7, 11) is 0. The number of pyridine rings is 1. The van der Waals surface area contributed by atoms with Gasteiger partial charge in [0.1, 0.15) is 10.5 Å². The number of benzene rings is 1. The smallest absolute Gasteiger partial charge is 0.133 e. The first-order valence-electron chi connectivity index (χ1n) is 7.19. The third kappa shape index (κ3) is 2.16. The molecule has 1 saturated carbocycles. The molecule has 0 spiro atoms. The predicted octanol–water partition coefficient (Wildman–Crippen LogP) is 4.54. The number of rotatable bonds is 2. The molecule has 1 aromatic carbocycles. The van der Waals surface area contributed by atoms with E-state index in [0.717, 1.165) is 33.5 Å². The third-order valence-corrected chi connectivity index (χ3v) is 4.45. The van der Waals surface area contributed by atoms with Crippen molar-refractivity contribution in [3.63, 3.8) is 0 Å². The lowest BCUT2D eigenvalue weighted by Gasteiger charge is -2.11. The summed E-state index contributed by atoms with van der Waals surface area (Å²) < 4.78 is 0.701. The van der Waals surface area contributed by atoms with Gasteiger partial charge in [0.2, 0.25) is 0 Å². The van der Waals surface area contributed by atoms with Gasteiger partial charge in [0.15, 0.2) is 0 Å². The molecule has 1 fully saturated rings. The third-order valence-electron chi connectivity index (χ3n) is 4.05. The van der Waals surface area contributed by atoms with Crippen LogP contribution in [0.3, 0.4) is 0 Å². The second-order valence-electron chi connectivity index (χ2n) is 5.58. The molecular weight excluding hydrogens is 278 g/mol. The number of fused-ring (bicyclic) bond motifs is 1. The summed E-state index contributed by atoms with van der Waals surface area (Å²) in [5.41, 5.74) is 4.26. The maximum atomic E-state index is 5.45. The molecule has 1 aliphatic carbocycles. The first-order chi connectivity index (χ1) is 10.2. The molecule has 0 amide bonds. The molecule has 21 heavy (non-hydrogen) atoms. The number of hydrogen-bond acceptors (Lipinski definition) is 3. The van der Waals surface area contributed by atoms with Gasteiger partial charge in [0.05, 0.1) is 11.2 Å². The molecule has 0 saturated heterocycles. The minimum atomic E-state index is 0.555. The molecule has 1 aliphatic rings. The van der Waals surface area contributed by atoms with Crippen molar-refractivity contribution in [1.82, 2.24) is 15.0 Å². The van der Waals surface area contributed by atoms with Crippen LogP contribution < -0.4 is 0 Å². The zero-order chi connectivity index (χ0) is 14.4. The molecule has 104 valence electrons. The summed E-state index contributed by atoms with van der Waals surface area (Å²) in [6.45, 7) is 2.03. The molecule has 2 aromatic heterocycles. The van der Waals surface area contributed by atoms with Gasteiger partial charge in [-0.2, -0.15) is 0 Å². The van der Waals surface area contributed by atoms with E-state index >= 15 is 0 Å². The minimum absolute atomic E-state index is 0.555. The van der Waals surface area contributed by atoms with E-state index in [1.54, 1.807) is 0 Å². The monoisotopic (exact) mass is 293 g/mol. The van der Waals surface area contributed by atoms with Crippen molar-refractivity contribution in [2.24, 2.45) is 0 Å². The fraction of sp³-hybridized carbons (Fsp3) is 0.235. The van der Waals surface area contributed by atoms with Crippen LogP contribution in [0.4, 0.5) is 0 Å². The van der Waals surface area contributed by atoms with Crippen LogP contribution in [0.1, 0.15) is 30.1 Å². The zero-order valence-corrected chi connectivity index (χ0v) is 12.6. The highest BCUT2D eigenvalue weighted by molar-refractivity contribution is 7.71. The topological polar surface area (TPSA) is 41.6 Å². The first-order valence-corrected chi connectivity index (χ1v) is 7.60. The van der Waals surface area contributed by atoms with E-state index in [2.05, 4.69) is 27.1 Å². The standard InChI is InChI=1S/C17H15N3S/c1-10-15(19-16(11-7-8-11)20-17(10)21)13-4-2-6-14-12(13)5-3-9-18-14/h2-6,9,11H,7-8H2,1H3,(H,19,20,21). The van der Waals surface area contributed by atoms with Gasteiger partial charge < -0.3 is 4.98 Å². The van der Waals surface area contributed by atoms with Gasteiger partial charge in [0, 0.05) is 28.6 Å². The molecule has 4 heteroatoms. The lowest BCUT2D eigenvalue weighted by atomic mass is 10.0. The summed E-state index contributed by atoms with van der Waals surface area (Å²) in [4.78, 5) is 12.5. The maximum absolute atomic E-state index is 5.45. The molecule has 1 N–H and O–H groups in total. The number of nitrogens with one attached hydrogen (secondary N) is 1. The molecule has 0 atom stereocenters. The van der Waals surface area contributed by atoms with E-state index < -0.39 is 0 Å². The molecular formula is C17H15N3S. The van der Waals surface area contributed by atoms with E-state index in [0.29, 0.717) is 10.6 Å². The van der Waals surface area contributed by atoms with Gasteiger partial charge in [0.25, 0.3) is 0 Å². The number of aromatic nitrogens is 3. The van der Waals surface area contributed by atoms with E-state index in [1.807, 2.05) is 31.3 Å². The fourth-order valence-corrected chi connectivity index (χ4v) is 2.89. The normalized spacial score (nSPS) is 14.5. The average molecular weight is 293 g/mol. The Morgan fingerprint density at radius 2 is 2.05 bits per heavy atom. The van der Waals surface area contributed by atoms with Crippen LogP contribution in [0.25, 0.3) is 22.2 Å². The van der Waals surface area contributed by atoms with Gasteiger partial charge in [-0.3, -0.25) is 4.98 Å². The number of H-pyrrole nitrogens is 1. The largest absolute Gasteiger partial charge is 0.343 e. The predicted molar refractivity (Wildman–Crippen MR) is 86.9 cm³/mol. The molecule has 3 nitrogen and oxygen atoms in total. The Hall–Kier alpha value is -2.07. The number of hydrogen-bond donors (Lipinski definition) is 1. The van der Waals surface area contributed by atoms with Crippen molar-refractivity contribution in [3.05, 3.63) is 52.6 Å². The summed E-state index contributed by atoms with van der Waals surface area (Å²) >= 11 is 5.45. The van der Waals surface area contributed by atoms with Crippen LogP contribution in [0.15, 0.2) is 36.5 Å². The highest BCUT2D eigenvalue weighted by Crippen LogP contribution is 2.39. The van der Waals surface area contributed by atoms with Crippen molar-refractivity contribution in [2.75, 3.05) is 0 Å². The number of nitrogens with zero attached hydrogens (tertiary/aromatic N) is 2. The highest BCUT2D eigenvalue weighted by atomic mass is 32.1. The van der Waals surface area contributed by atoms with Gasteiger partial charge in [-0.05, 0) is 31.9 Å². The minimum Gasteiger partial charge on any atom is -0.343 e. The lowest BCUT2D eigenvalue weighted by Crippen LogP contribution is -1.99. The second kappa shape index (κ2) is 4.74. The molecule has 3 aromatic rings. The molecule has 4 rings (SSSR count). The van der Waals surface area contributed by atoms with Crippen LogP contribution >= 0.6 is 12.2 Å². The van der Waals surface area contributed by atoms with Crippen molar-refractivity contribution >= 4 is 23.1 Å². The van der Waals surface area contributed by atoms with E-state index in [-0.39, 0.29) is 0 Å². The second-order valence-corrected chi connectivity index (χ2v) is 5.96. The Labute approximate surface area is 128 Å². The van der Waals surface area contributed by atoms with Crippen LogP contribution in [0.5, 0.6) is 0 Å². The number of aromatic amines is 1. The molecule has 0 radical (unpaired) electrons. The molecule has 0 unspecified atom stereocenters. The van der Waals surface area contributed by atoms with Gasteiger partial charge >= 0.3 is 0 Å². The molecule has 0 bridgehead atoms. The summed E-state index contributed by atoms with van der Waals surface area (Å²) in [6.07, 6.45) is 4.24. The van der Waals surface area contributed by atoms with Crippen LogP contribution in [0, 0.1) is 11.6 Å². The van der Waals surface area contributed by atoms with Gasteiger partial charge in [-0.1, -0.05) is 30.4 Å². The Morgan fingerprint density at radius 3 is 2.86 bits per heavy atom. The Balaban J connectivity index is 2.02. The van der Waals surface area contributed by atoms with E-state index in [9.17, 15) is 0 Å². The molecule has 0 aliphatic heterocycles.